The molecule has 0 bridgehead atoms. The number of hydrogen-bond acceptors (Lipinski definition) is 2. The lowest BCUT2D eigenvalue weighted by Crippen LogP contribution is -2.29. The topological polar surface area (TPSA) is 52.0 Å². The number of rotatable bonds is 2. The van der Waals surface area contributed by atoms with Gasteiger partial charge in [0.05, 0.1) is 6.17 Å². The molecule has 2 nitrogen and oxygen atoms in total. The molecule has 0 atom stereocenters. The van der Waals surface area contributed by atoms with E-state index in [-0.39, 0.29) is 54.1 Å². The van der Waals surface area contributed by atoms with E-state index in [0.717, 1.165) is 12.8 Å². The molecule has 0 spiro atoms. The lowest BCUT2D eigenvalue weighted by atomic mass is 10.3. The molecule has 0 radical (unpaired) electrons. The fourth-order valence-corrected chi connectivity index (χ4v) is 0.333. The van der Waals surface area contributed by atoms with Crippen molar-refractivity contribution in [1.29, 1.82) is 0 Å². The van der Waals surface area contributed by atoms with Gasteiger partial charge < -0.3 is 11.5 Å². The van der Waals surface area contributed by atoms with Gasteiger partial charge in [-0.3, -0.25) is 0 Å². The summed E-state index contributed by atoms with van der Waals surface area (Å²) in [7, 11) is 0. The lowest BCUT2D eigenvalue weighted by molar-refractivity contribution is 0.627. The summed E-state index contributed by atoms with van der Waals surface area (Å²) in [4.78, 5) is 0. The maximum absolute atomic E-state index is 5.18. The normalized spacial score (nSPS) is 7.50. The van der Waals surface area contributed by atoms with Crippen molar-refractivity contribution < 1.29 is 0 Å². The van der Waals surface area contributed by atoms with Crippen LogP contribution in [-0.2, 0) is 0 Å². The first kappa shape index (κ1) is 16.2. The summed E-state index contributed by atoms with van der Waals surface area (Å²) >= 11 is 0. The highest BCUT2D eigenvalue weighted by Crippen LogP contribution is 1.82. The molecular formula is C4H14I2N2. The van der Waals surface area contributed by atoms with Gasteiger partial charge in [-0.1, -0.05) is 13.3 Å². The number of halogens is 2. The molecule has 0 aromatic rings. The third-order valence-corrected chi connectivity index (χ3v) is 0.622. The minimum atomic E-state index is -0.102. The van der Waals surface area contributed by atoms with E-state index in [1.807, 2.05) is 0 Å². The van der Waals surface area contributed by atoms with Crippen LogP contribution in [0.4, 0.5) is 0 Å². The second kappa shape index (κ2) is 11.2. The first-order chi connectivity index (χ1) is 2.77. The minimum absolute atomic E-state index is 0. The highest BCUT2D eigenvalue weighted by atomic mass is 127. The van der Waals surface area contributed by atoms with Gasteiger partial charge >= 0.3 is 0 Å². The average molecular weight is 344 g/mol. The van der Waals surface area contributed by atoms with Gasteiger partial charge in [0.2, 0.25) is 0 Å². The highest BCUT2D eigenvalue weighted by Gasteiger charge is 1.85. The SMILES string of the molecule is CCCC(N)N.I.I. The molecule has 0 unspecified atom stereocenters. The van der Waals surface area contributed by atoms with Gasteiger partial charge in [0, 0.05) is 0 Å². The van der Waals surface area contributed by atoms with Crippen LogP contribution in [0.2, 0.25) is 0 Å². The molecule has 4 N–H and O–H groups in total. The van der Waals surface area contributed by atoms with Gasteiger partial charge in [-0.25, -0.2) is 0 Å². The molecule has 0 aliphatic heterocycles. The van der Waals surface area contributed by atoms with Crippen LogP contribution < -0.4 is 11.5 Å². The molecule has 0 saturated carbocycles. The van der Waals surface area contributed by atoms with Gasteiger partial charge in [-0.15, -0.1) is 48.0 Å². The molecule has 8 heavy (non-hydrogen) atoms. The second-order valence-electron chi connectivity index (χ2n) is 1.45. The summed E-state index contributed by atoms with van der Waals surface area (Å²) in [5.74, 6) is 0. The van der Waals surface area contributed by atoms with Crippen LogP contribution in [0.15, 0.2) is 0 Å². The summed E-state index contributed by atoms with van der Waals surface area (Å²) in [5.41, 5.74) is 10.4. The van der Waals surface area contributed by atoms with Crippen LogP contribution in [-0.4, -0.2) is 6.17 Å². The molecule has 0 aromatic carbocycles. The Morgan fingerprint density at radius 1 is 1.25 bits per heavy atom. The van der Waals surface area contributed by atoms with Crippen LogP contribution in [0.25, 0.3) is 0 Å². The largest absolute Gasteiger partial charge is 0.316 e. The predicted octanol–water partition coefficient (Wildman–Crippen LogP) is 1.27. The van der Waals surface area contributed by atoms with E-state index in [1.165, 1.54) is 0 Å². The molecule has 0 fully saturated rings. The summed E-state index contributed by atoms with van der Waals surface area (Å²) < 4.78 is 0. The maximum Gasteiger partial charge on any atom is 0.0520 e. The smallest absolute Gasteiger partial charge is 0.0520 e. The highest BCUT2D eigenvalue weighted by molar-refractivity contribution is 14.0. The Kier molecular flexibility index (Phi) is 22.7. The molecule has 0 amide bonds. The molecule has 0 rings (SSSR count). The Labute approximate surface area is 84.8 Å². The first-order valence-corrected chi connectivity index (χ1v) is 2.28. The standard InChI is InChI=1S/C4H12N2.2HI/c1-2-3-4(5)6;;/h4H,2-3,5-6H2,1H3;2*1H. The van der Waals surface area contributed by atoms with Crippen molar-refractivity contribution >= 4 is 48.0 Å². The summed E-state index contributed by atoms with van der Waals surface area (Å²) in [6.07, 6.45) is 1.91. The number of nitrogens with two attached hydrogens (primary N) is 2. The Morgan fingerprint density at radius 3 is 1.62 bits per heavy atom. The van der Waals surface area contributed by atoms with Gasteiger partial charge in [0.15, 0.2) is 0 Å². The van der Waals surface area contributed by atoms with Crippen molar-refractivity contribution in [2.75, 3.05) is 0 Å². The maximum atomic E-state index is 5.18. The number of hydrogen-bond donors (Lipinski definition) is 2. The molecule has 0 saturated heterocycles. The zero-order chi connectivity index (χ0) is 4.99. The quantitative estimate of drug-likeness (QED) is 0.586. The zero-order valence-electron chi connectivity index (χ0n) is 4.96. The van der Waals surface area contributed by atoms with E-state index >= 15 is 0 Å². The van der Waals surface area contributed by atoms with E-state index < -0.39 is 0 Å². The minimum Gasteiger partial charge on any atom is -0.316 e. The second-order valence-corrected chi connectivity index (χ2v) is 1.45. The van der Waals surface area contributed by atoms with E-state index in [4.69, 9.17) is 11.5 Å². The van der Waals surface area contributed by atoms with Crippen molar-refractivity contribution in [3.05, 3.63) is 0 Å². The van der Waals surface area contributed by atoms with Crippen molar-refractivity contribution in [3.8, 4) is 0 Å². The molecule has 0 heterocycles. The van der Waals surface area contributed by atoms with Crippen LogP contribution >= 0.6 is 48.0 Å². The first-order valence-electron chi connectivity index (χ1n) is 2.28. The van der Waals surface area contributed by atoms with Gasteiger partial charge in [0.1, 0.15) is 0 Å². The molecule has 54 valence electrons. The Morgan fingerprint density at radius 2 is 1.62 bits per heavy atom. The third-order valence-electron chi connectivity index (χ3n) is 0.622. The predicted molar refractivity (Wildman–Crippen MR) is 57.9 cm³/mol. The van der Waals surface area contributed by atoms with Crippen molar-refractivity contribution in [2.45, 2.75) is 25.9 Å². The van der Waals surface area contributed by atoms with Crippen molar-refractivity contribution in [2.24, 2.45) is 11.5 Å². The van der Waals surface area contributed by atoms with Crippen LogP contribution in [0, 0.1) is 0 Å². The fraction of sp³-hybridized carbons (Fsp3) is 1.00. The third kappa shape index (κ3) is 15.7. The fourth-order valence-electron chi connectivity index (χ4n) is 0.333. The van der Waals surface area contributed by atoms with E-state index in [9.17, 15) is 0 Å². The molecule has 0 aliphatic rings. The molecular weight excluding hydrogens is 330 g/mol. The van der Waals surface area contributed by atoms with E-state index in [2.05, 4.69) is 6.92 Å². The van der Waals surface area contributed by atoms with Gasteiger partial charge in [0.25, 0.3) is 0 Å². The van der Waals surface area contributed by atoms with E-state index in [1.54, 1.807) is 0 Å². The summed E-state index contributed by atoms with van der Waals surface area (Å²) in [6, 6.07) is 0. The molecule has 4 heteroatoms. The van der Waals surface area contributed by atoms with Gasteiger partial charge in [-0.05, 0) is 6.42 Å². The average Bonchev–Trinajstić information content (AvgIpc) is 1.35. The van der Waals surface area contributed by atoms with Crippen LogP contribution in [0.5, 0.6) is 0 Å². The Bertz CT molecular complexity index is 33.2. The van der Waals surface area contributed by atoms with Crippen LogP contribution in [0.1, 0.15) is 19.8 Å². The van der Waals surface area contributed by atoms with Crippen molar-refractivity contribution in [3.63, 3.8) is 0 Å². The van der Waals surface area contributed by atoms with Crippen molar-refractivity contribution in [1.82, 2.24) is 0 Å². The lowest BCUT2D eigenvalue weighted by Gasteiger charge is -1.97. The van der Waals surface area contributed by atoms with E-state index in [0.29, 0.717) is 0 Å². The molecule has 0 aliphatic carbocycles. The van der Waals surface area contributed by atoms with Gasteiger partial charge in [-0.2, -0.15) is 0 Å². The summed E-state index contributed by atoms with van der Waals surface area (Å²) in [6.45, 7) is 2.06. The molecule has 0 aromatic heterocycles. The summed E-state index contributed by atoms with van der Waals surface area (Å²) in [5, 5.41) is 0. The zero-order valence-corrected chi connectivity index (χ0v) is 9.62. The Balaban J connectivity index is -0.000000125. The van der Waals surface area contributed by atoms with Crippen LogP contribution in [0.3, 0.4) is 0 Å². The monoisotopic (exact) mass is 344 g/mol. The Hall–Kier alpha value is 1.38.